The molecule has 2 aromatic heterocycles. The van der Waals surface area contributed by atoms with E-state index in [2.05, 4.69) is 73.2 Å². The Hall–Kier alpha value is -2.11. The van der Waals surface area contributed by atoms with Crippen molar-refractivity contribution < 1.29 is 0 Å². The number of fused-ring (bicyclic) bond motifs is 7. The van der Waals surface area contributed by atoms with Gasteiger partial charge in [-0.05, 0) is 42.6 Å². The molecule has 0 aliphatic heterocycles. The minimum Gasteiger partial charge on any atom is -0.246 e. The van der Waals surface area contributed by atoms with Gasteiger partial charge in [0.15, 0.2) is 0 Å². The van der Waals surface area contributed by atoms with Crippen LogP contribution in [0.4, 0.5) is 0 Å². The normalized spacial score (nSPS) is 11.8. The van der Waals surface area contributed by atoms with Crippen LogP contribution in [0, 0.1) is 0 Å². The predicted molar refractivity (Wildman–Crippen MR) is 105 cm³/mol. The summed E-state index contributed by atoms with van der Waals surface area (Å²) in [5, 5.41) is 4.60. The SMILES string of the molecule is Brc1cnc(Br)c2nc3c4ccccc4c4ccccc4c3nc12. The van der Waals surface area contributed by atoms with E-state index in [1.165, 1.54) is 10.8 Å². The fraction of sp³-hybridized carbons (Fsp3) is 0. The smallest absolute Gasteiger partial charge is 0.133 e. The second kappa shape index (κ2) is 5.19. The van der Waals surface area contributed by atoms with E-state index in [0.717, 1.165) is 37.3 Å². The van der Waals surface area contributed by atoms with Crippen LogP contribution < -0.4 is 0 Å². The number of hydrogen-bond donors (Lipinski definition) is 0. The van der Waals surface area contributed by atoms with Crippen LogP contribution in [0.1, 0.15) is 0 Å². The van der Waals surface area contributed by atoms with Crippen LogP contribution in [0.5, 0.6) is 0 Å². The molecule has 5 heteroatoms. The van der Waals surface area contributed by atoms with Gasteiger partial charge >= 0.3 is 0 Å². The molecule has 0 bridgehead atoms. The van der Waals surface area contributed by atoms with Gasteiger partial charge in [0.1, 0.15) is 15.6 Å². The summed E-state index contributed by atoms with van der Waals surface area (Å²) >= 11 is 7.04. The van der Waals surface area contributed by atoms with Crippen molar-refractivity contribution in [2.24, 2.45) is 0 Å². The van der Waals surface area contributed by atoms with Crippen LogP contribution in [0.25, 0.3) is 43.6 Å². The highest BCUT2D eigenvalue weighted by Crippen LogP contribution is 2.35. The van der Waals surface area contributed by atoms with Crippen molar-refractivity contribution in [3.63, 3.8) is 0 Å². The third-order valence-corrected chi connectivity index (χ3v) is 5.42. The Morgan fingerprint density at radius 3 is 1.67 bits per heavy atom. The molecule has 0 unspecified atom stereocenters. The summed E-state index contributed by atoms with van der Waals surface area (Å²) < 4.78 is 1.54. The number of hydrogen-bond acceptors (Lipinski definition) is 3. The van der Waals surface area contributed by atoms with E-state index in [0.29, 0.717) is 4.60 Å². The van der Waals surface area contributed by atoms with Crippen molar-refractivity contribution in [1.82, 2.24) is 15.0 Å². The van der Waals surface area contributed by atoms with Crippen LogP contribution in [-0.4, -0.2) is 15.0 Å². The molecule has 0 spiro atoms. The van der Waals surface area contributed by atoms with E-state index in [1.807, 2.05) is 12.1 Å². The molecule has 0 fully saturated rings. The van der Waals surface area contributed by atoms with E-state index in [-0.39, 0.29) is 0 Å². The Balaban J connectivity index is 2.17. The van der Waals surface area contributed by atoms with E-state index >= 15 is 0 Å². The number of rotatable bonds is 0. The lowest BCUT2D eigenvalue weighted by atomic mass is 9.99. The van der Waals surface area contributed by atoms with E-state index < -0.39 is 0 Å². The fourth-order valence-corrected chi connectivity index (χ4v) is 3.96. The van der Waals surface area contributed by atoms with Gasteiger partial charge in [-0.1, -0.05) is 48.5 Å². The first-order chi connectivity index (χ1) is 11.7. The van der Waals surface area contributed by atoms with Crippen molar-refractivity contribution in [1.29, 1.82) is 0 Å². The summed E-state index contributed by atoms with van der Waals surface area (Å²) in [6.07, 6.45) is 1.75. The zero-order valence-corrected chi connectivity index (χ0v) is 15.5. The van der Waals surface area contributed by atoms with Gasteiger partial charge in [0.2, 0.25) is 0 Å². The van der Waals surface area contributed by atoms with E-state index in [9.17, 15) is 0 Å². The molecule has 0 N–H and O–H groups in total. The van der Waals surface area contributed by atoms with E-state index in [1.54, 1.807) is 6.20 Å². The minimum absolute atomic E-state index is 0.701. The standard InChI is InChI=1S/C19H9Br2N3/c20-14-9-22-19(21)18-17(14)23-15-12-7-3-1-5-10(12)11-6-2-4-8-13(11)16(15)24-18/h1-9H. The van der Waals surface area contributed by atoms with Gasteiger partial charge in [-0.25, -0.2) is 15.0 Å². The maximum Gasteiger partial charge on any atom is 0.133 e. The molecule has 0 saturated carbocycles. The third kappa shape index (κ3) is 1.91. The van der Waals surface area contributed by atoms with Crippen molar-refractivity contribution in [2.45, 2.75) is 0 Å². The summed E-state index contributed by atoms with van der Waals surface area (Å²) in [6, 6.07) is 16.7. The zero-order chi connectivity index (χ0) is 16.3. The molecule has 114 valence electrons. The first-order valence-electron chi connectivity index (χ1n) is 7.45. The Kier molecular flexibility index (Phi) is 3.08. The molecule has 5 aromatic rings. The topological polar surface area (TPSA) is 38.7 Å². The summed E-state index contributed by atoms with van der Waals surface area (Å²) in [6.45, 7) is 0. The van der Waals surface area contributed by atoms with Gasteiger partial charge in [-0.15, -0.1) is 0 Å². The van der Waals surface area contributed by atoms with Crippen molar-refractivity contribution in [3.05, 3.63) is 63.8 Å². The van der Waals surface area contributed by atoms with Crippen LogP contribution in [-0.2, 0) is 0 Å². The second-order valence-corrected chi connectivity index (χ2v) is 7.21. The molecular weight excluding hydrogens is 430 g/mol. The molecule has 24 heavy (non-hydrogen) atoms. The monoisotopic (exact) mass is 437 g/mol. The maximum atomic E-state index is 4.94. The van der Waals surface area contributed by atoms with Crippen molar-refractivity contribution >= 4 is 75.5 Å². The predicted octanol–water partition coefficient (Wildman–Crippen LogP) is 6.01. The van der Waals surface area contributed by atoms with Crippen LogP contribution in [0.15, 0.2) is 63.8 Å². The molecule has 0 saturated heterocycles. The molecule has 0 aliphatic rings. The Morgan fingerprint density at radius 2 is 1.08 bits per heavy atom. The molecule has 3 aromatic carbocycles. The largest absolute Gasteiger partial charge is 0.246 e. The summed E-state index contributed by atoms with van der Waals surface area (Å²) in [4.78, 5) is 14.2. The highest BCUT2D eigenvalue weighted by Gasteiger charge is 2.14. The summed E-state index contributed by atoms with van der Waals surface area (Å²) in [7, 11) is 0. The van der Waals surface area contributed by atoms with Gasteiger partial charge in [0.05, 0.1) is 15.5 Å². The Labute approximate surface area is 154 Å². The lowest BCUT2D eigenvalue weighted by Crippen LogP contribution is -1.94. The number of pyridine rings is 1. The van der Waals surface area contributed by atoms with Crippen LogP contribution in [0.3, 0.4) is 0 Å². The number of aromatic nitrogens is 3. The van der Waals surface area contributed by atoms with Gasteiger partial charge in [-0.2, -0.15) is 0 Å². The molecular formula is C19H9Br2N3. The van der Waals surface area contributed by atoms with Crippen LogP contribution in [0.2, 0.25) is 0 Å². The Morgan fingerprint density at radius 1 is 0.583 bits per heavy atom. The molecule has 2 heterocycles. The molecule has 0 radical (unpaired) electrons. The number of nitrogens with zero attached hydrogens (tertiary/aromatic N) is 3. The molecule has 3 nitrogen and oxygen atoms in total. The number of halogens is 2. The average molecular weight is 439 g/mol. The molecule has 0 atom stereocenters. The highest BCUT2D eigenvalue weighted by molar-refractivity contribution is 9.11. The summed E-state index contributed by atoms with van der Waals surface area (Å²) in [5.41, 5.74) is 3.38. The molecule has 5 rings (SSSR count). The van der Waals surface area contributed by atoms with Crippen molar-refractivity contribution in [3.8, 4) is 0 Å². The molecule has 0 aliphatic carbocycles. The Bertz CT molecular complexity index is 1180. The van der Waals surface area contributed by atoms with Gasteiger partial charge in [0.25, 0.3) is 0 Å². The first-order valence-corrected chi connectivity index (χ1v) is 9.03. The van der Waals surface area contributed by atoms with Crippen molar-refractivity contribution in [2.75, 3.05) is 0 Å². The average Bonchev–Trinajstić information content (AvgIpc) is 2.64. The summed E-state index contributed by atoms with van der Waals surface area (Å²) in [5.74, 6) is 0. The fourth-order valence-electron chi connectivity index (χ4n) is 3.21. The highest BCUT2D eigenvalue weighted by atomic mass is 79.9. The lowest BCUT2D eigenvalue weighted by Gasteiger charge is -2.10. The van der Waals surface area contributed by atoms with Crippen LogP contribution >= 0.6 is 31.9 Å². The zero-order valence-electron chi connectivity index (χ0n) is 12.3. The number of benzene rings is 3. The molecule has 0 amide bonds. The van der Waals surface area contributed by atoms with Gasteiger partial charge in [-0.3, -0.25) is 0 Å². The lowest BCUT2D eigenvalue weighted by molar-refractivity contribution is 1.25. The maximum absolute atomic E-state index is 4.94. The van der Waals surface area contributed by atoms with Gasteiger partial charge in [0, 0.05) is 17.0 Å². The first kappa shape index (κ1) is 14.3. The second-order valence-electron chi connectivity index (χ2n) is 5.61. The third-order valence-electron chi connectivity index (χ3n) is 4.26. The van der Waals surface area contributed by atoms with E-state index in [4.69, 9.17) is 9.97 Å². The minimum atomic E-state index is 0.701. The quantitative estimate of drug-likeness (QED) is 0.169. The van der Waals surface area contributed by atoms with Gasteiger partial charge < -0.3 is 0 Å².